The van der Waals surface area contributed by atoms with Gasteiger partial charge >= 0.3 is 0 Å². The number of carbonyl (C=O) groups excluding carboxylic acids is 1. The first-order valence-electron chi connectivity index (χ1n) is 11.8. The Morgan fingerprint density at radius 1 is 0.943 bits per heavy atom. The minimum atomic E-state index is -3.81. The Morgan fingerprint density at radius 3 is 2.60 bits per heavy atom. The Morgan fingerprint density at radius 2 is 1.74 bits per heavy atom. The van der Waals surface area contributed by atoms with Crippen LogP contribution >= 0.6 is 0 Å². The summed E-state index contributed by atoms with van der Waals surface area (Å²) in [5, 5.41) is 2.83. The predicted octanol–water partition coefficient (Wildman–Crippen LogP) is 4.80. The lowest BCUT2D eigenvalue weighted by Crippen LogP contribution is -2.33. The quantitative estimate of drug-likeness (QED) is 0.553. The van der Waals surface area contributed by atoms with Crippen LogP contribution < -0.4 is 14.8 Å². The largest absolute Gasteiger partial charge is 0.490 e. The van der Waals surface area contributed by atoms with Crippen molar-refractivity contribution in [2.24, 2.45) is 0 Å². The molecule has 8 heteroatoms. The van der Waals surface area contributed by atoms with Crippen molar-refractivity contribution in [1.82, 2.24) is 4.31 Å². The number of nitrogens with zero attached hydrogens (tertiary/aromatic N) is 1. The molecule has 35 heavy (non-hydrogen) atoms. The van der Waals surface area contributed by atoms with Gasteiger partial charge in [-0.05, 0) is 60.7 Å². The molecule has 7 nitrogen and oxygen atoms in total. The lowest BCUT2D eigenvalue weighted by molar-refractivity contribution is 0.102. The first kappa shape index (κ1) is 23.4. The van der Waals surface area contributed by atoms with E-state index in [0.717, 1.165) is 31.2 Å². The topological polar surface area (TPSA) is 84.9 Å². The van der Waals surface area contributed by atoms with Crippen LogP contribution in [0.1, 0.15) is 46.8 Å². The fraction of sp³-hybridized carbons (Fsp3) is 0.296. The number of hydrogen-bond donors (Lipinski definition) is 1. The highest BCUT2D eigenvalue weighted by Crippen LogP contribution is 2.36. The van der Waals surface area contributed by atoms with Gasteiger partial charge in [-0.1, -0.05) is 30.3 Å². The van der Waals surface area contributed by atoms with Crippen molar-refractivity contribution in [2.75, 3.05) is 25.6 Å². The highest BCUT2D eigenvalue weighted by Gasteiger charge is 2.32. The molecule has 3 aromatic carbocycles. The van der Waals surface area contributed by atoms with E-state index in [1.54, 1.807) is 37.4 Å². The number of aryl methyl sites for hydroxylation is 1. The molecule has 3 aromatic rings. The third-order valence-electron chi connectivity index (χ3n) is 6.56. The number of sulfonamides is 1. The molecule has 1 unspecified atom stereocenters. The molecule has 1 amide bonds. The molecular formula is C27H28N2O5S. The van der Waals surface area contributed by atoms with Gasteiger partial charge < -0.3 is 14.8 Å². The maximum absolute atomic E-state index is 13.5. The van der Waals surface area contributed by atoms with Crippen LogP contribution in [0.25, 0.3) is 0 Å². The Balaban J connectivity index is 1.37. The highest BCUT2D eigenvalue weighted by molar-refractivity contribution is 7.89. The maximum Gasteiger partial charge on any atom is 0.255 e. The van der Waals surface area contributed by atoms with Crippen LogP contribution in [0.15, 0.2) is 71.6 Å². The van der Waals surface area contributed by atoms with E-state index in [9.17, 15) is 13.2 Å². The van der Waals surface area contributed by atoms with Gasteiger partial charge in [-0.2, -0.15) is 4.31 Å². The van der Waals surface area contributed by atoms with Gasteiger partial charge in [0.25, 0.3) is 5.91 Å². The van der Waals surface area contributed by atoms with Crippen molar-refractivity contribution >= 4 is 21.6 Å². The number of nitrogens with one attached hydrogen (secondary N) is 1. The second-order valence-electron chi connectivity index (χ2n) is 8.82. The van der Waals surface area contributed by atoms with E-state index < -0.39 is 15.9 Å². The van der Waals surface area contributed by atoms with Crippen LogP contribution in [0.4, 0.5) is 5.69 Å². The number of hydrogen-bond acceptors (Lipinski definition) is 5. The van der Waals surface area contributed by atoms with Gasteiger partial charge in [0.05, 0.1) is 18.1 Å². The SMILES string of the molecule is CN(C1CCCc2ccccc21)S(=O)(=O)c1cccc(C(=O)Nc2ccc3c(c2)OCCCO3)c1. The summed E-state index contributed by atoms with van der Waals surface area (Å²) in [6, 6.07) is 19.1. The monoisotopic (exact) mass is 492 g/mol. The normalized spacial score (nSPS) is 17.4. The number of amides is 1. The van der Waals surface area contributed by atoms with Crippen LogP contribution in [0.2, 0.25) is 0 Å². The molecule has 0 aromatic heterocycles. The fourth-order valence-corrected chi connectivity index (χ4v) is 6.09. The zero-order chi connectivity index (χ0) is 24.4. The molecule has 0 saturated heterocycles. The number of fused-ring (bicyclic) bond motifs is 2. The summed E-state index contributed by atoms with van der Waals surface area (Å²) in [4.78, 5) is 13.1. The molecule has 0 fully saturated rings. The van der Waals surface area contributed by atoms with Crippen LogP contribution in [0.5, 0.6) is 11.5 Å². The van der Waals surface area contributed by atoms with E-state index in [-0.39, 0.29) is 16.5 Å². The fourth-order valence-electron chi connectivity index (χ4n) is 4.68. The molecule has 0 spiro atoms. The molecule has 1 atom stereocenters. The lowest BCUT2D eigenvalue weighted by atomic mass is 9.88. The minimum absolute atomic E-state index is 0.0920. The van der Waals surface area contributed by atoms with Gasteiger partial charge in [0.15, 0.2) is 11.5 Å². The van der Waals surface area contributed by atoms with Crippen molar-refractivity contribution in [3.8, 4) is 11.5 Å². The minimum Gasteiger partial charge on any atom is -0.490 e. The van der Waals surface area contributed by atoms with E-state index in [2.05, 4.69) is 11.4 Å². The summed E-state index contributed by atoms with van der Waals surface area (Å²) in [7, 11) is -2.19. The van der Waals surface area contributed by atoms with Crippen molar-refractivity contribution in [3.63, 3.8) is 0 Å². The third-order valence-corrected chi connectivity index (χ3v) is 8.42. The number of carbonyl (C=O) groups is 1. The zero-order valence-corrected chi connectivity index (χ0v) is 20.4. The number of benzene rings is 3. The van der Waals surface area contributed by atoms with E-state index in [1.165, 1.54) is 22.0 Å². The molecule has 0 radical (unpaired) electrons. The van der Waals surface area contributed by atoms with Crippen LogP contribution in [-0.4, -0.2) is 38.9 Å². The van der Waals surface area contributed by atoms with Crippen molar-refractivity contribution in [3.05, 3.63) is 83.4 Å². The predicted molar refractivity (Wildman–Crippen MR) is 134 cm³/mol. The average molecular weight is 493 g/mol. The van der Waals surface area contributed by atoms with Crippen molar-refractivity contribution in [2.45, 2.75) is 36.6 Å². The summed E-state index contributed by atoms with van der Waals surface area (Å²) in [6.45, 7) is 1.13. The average Bonchev–Trinajstić information content (AvgIpc) is 3.13. The second-order valence-corrected chi connectivity index (χ2v) is 10.8. The molecule has 1 N–H and O–H groups in total. The first-order valence-corrected chi connectivity index (χ1v) is 13.2. The van der Waals surface area contributed by atoms with Crippen molar-refractivity contribution in [1.29, 1.82) is 0 Å². The summed E-state index contributed by atoms with van der Waals surface area (Å²) in [5.74, 6) is 0.814. The number of ether oxygens (including phenoxy) is 2. The number of rotatable bonds is 5. The van der Waals surface area contributed by atoms with E-state index in [0.29, 0.717) is 30.4 Å². The van der Waals surface area contributed by atoms with Crippen LogP contribution in [0.3, 0.4) is 0 Å². The molecule has 1 heterocycles. The molecule has 182 valence electrons. The van der Waals surface area contributed by atoms with Gasteiger partial charge in [-0.15, -0.1) is 0 Å². The zero-order valence-electron chi connectivity index (χ0n) is 19.6. The molecule has 2 aliphatic rings. The number of anilines is 1. The summed E-state index contributed by atoms with van der Waals surface area (Å²) < 4.78 is 39.8. The molecule has 0 bridgehead atoms. The molecule has 5 rings (SSSR count). The maximum atomic E-state index is 13.5. The Hall–Kier alpha value is -3.36. The van der Waals surface area contributed by atoms with E-state index in [1.807, 2.05) is 18.2 Å². The standard InChI is InChI=1S/C27H28N2O5S/c1-29(24-12-5-8-19-7-2-3-11-23(19)24)35(31,32)22-10-4-9-20(17-22)27(30)28-21-13-14-25-26(18-21)34-16-6-15-33-25/h2-4,7,9-11,13-14,17-18,24H,5-6,8,12,15-16H2,1H3,(H,28,30). The highest BCUT2D eigenvalue weighted by atomic mass is 32.2. The van der Waals surface area contributed by atoms with Crippen molar-refractivity contribution < 1.29 is 22.7 Å². The van der Waals surface area contributed by atoms with Gasteiger partial charge in [0.1, 0.15) is 0 Å². The van der Waals surface area contributed by atoms with Gasteiger partial charge in [0.2, 0.25) is 10.0 Å². The molecule has 1 aliphatic heterocycles. The summed E-state index contributed by atoms with van der Waals surface area (Å²) >= 11 is 0. The van der Waals surface area contributed by atoms with Gasteiger partial charge in [0, 0.05) is 36.8 Å². The molecular weight excluding hydrogens is 464 g/mol. The van der Waals surface area contributed by atoms with Gasteiger partial charge in [-0.3, -0.25) is 4.79 Å². The van der Waals surface area contributed by atoms with Gasteiger partial charge in [-0.25, -0.2) is 8.42 Å². The summed E-state index contributed by atoms with van der Waals surface area (Å²) in [5.41, 5.74) is 3.04. The lowest BCUT2D eigenvalue weighted by Gasteiger charge is -2.32. The second kappa shape index (κ2) is 9.71. The third kappa shape index (κ3) is 4.76. The van der Waals surface area contributed by atoms with Crippen LogP contribution in [-0.2, 0) is 16.4 Å². The smallest absolute Gasteiger partial charge is 0.255 e. The van der Waals surface area contributed by atoms with E-state index in [4.69, 9.17) is 9.47 Å². The molecule has 0 saturated carbocycles. The molecule has 1 aliphatic carbocycles. The van der Waals surface area contributed by atoms with Crippen LogP contribution in [0, 0.1) is 0 Å². The van der Waals surface area contributed by atoms with E-state index >= 15 is 0 Å². The Labute approximate surface area is 205 Å². The Bertz CT molecular complexity index is 1360. The first-order chi connectivity index (χ1) is 16.9. The summed E-state index contributed by atoms with van der Waals surface area (Å²) in [6.07, 6.45) is 3.44. The Kier molecular flexibility index (Phi) is 6.49.